The van der Waals surface area contributed by atoms with E-state index in [4.69, 9.17) is 0 Å². The highest BCUT2D eigenvalue weighted by Crippen LogP contribution is 2.90. The number of fused-ring (bicyclic) bond motifs is 4. The number of aliphatic hydroxyl groups is 3. The number of rotatable bonds is 1. The zero-order valence-electron chi connectivity index (χ0n) is 22.9. The summed E-state index contributed by atoms with van der Waals surface area (Å²) in [5, 5.41) is 44.5. The molecular weight excluding hydrogens is 456 g/mol. The Bertz CT molecular complexity index is 1030. The number of carbonyl (C=O) groups excluding carboxylic acids is 1. The molecule has 6 aliphatic carbocycles. The molecule has 6 nitrogen and oxygen atoms in total. The van der Waals surface area contributed by atoms with E-state index in [1.54, 1.807) is 6.92 Å². The molecule has 0 amide bonds. The highest BCUT2D eigenvalue weighted by molar-refractivity contribution is 5.95. The summed E-state index contributed by atoms with van der Waals surface area (Å²) in [5.74, 6) is -0.938. The smallest absolute Gasteiger partial charge is 0.312 e. The SMILES string of the molecule is C[C@H]1[C@H](C)C[C@H](O)[C@]2(C)CC[C@]34C[C@]3(C(=O)[C@@H](O)[C@@H]3[C@@]5(C)CC[C@H](O)[C@@](C)(C(=O)O)[C@@H]5CC[C@]34C)[C@H]12. The van der Waals surface area contributed by atoms with Gasteiger partial charge in [-0.3, -0.25) is 9.59 Å². The Labute approximate surface area is 215 Å². The first-order valence-corrected chi connectivity index (χ1v) is 14.4. The molecule has 6 heteroatoms. The van der Waals surface area contributed by atoms with Crippen LogP contribution in [0.1, 0.15) is 92.9 Å². The number of carboxylic acids is 1. The van der Waals surface area contributed by atoms with Gasteiger partial charge in [-0.2, -0.15) is 0 Å². The zero-order chi connectivity index (χ0) is 26.4. The summed E-state index contributed by atoms with van der Waals surface area (Å²) >= 11 is 0. The van der Waals surface area contributed by atoms with Gasteiger partial charge >= 0.3 is 5.97 Å². The van der Waals surface area contributed by atoms with Crippen molar-refractivity contribution in [3.05, 3.63) is 0 Å². The first-order chi connectivity index (χ1) is 16.6. The van der Waals surface area contributed by atoms with Gasteiger partial charge in [0.05, 0.1) is 17.6 Å². The molecule has 0 bridgehead atoms. The topological polar surface area (TPSA) is 115 Å². The fraction of sp³-hybridized carbons (Fsp3) is 0.933. The lowest BCUT2D eigenvalue weighted by Crippen LogP contribution is -2.71. The average molecular weight is 503 g/mol. The van der Waals surface area contributed by atoms with Crippen molar-refractivity contribution in [3.63, 3.8) is 0 Å². The summed E-state index contributed by atoms with van der Waals surface area (Å²) in [6.45, 7) is 12.7. The second kappa shape index (κ2) is 6.96. The quantitative estimate of drug-likeness (QED) is 0.430. The van der Waals surface area contributed by atoms with Crippen LogP contribution in [0.5, 0.6) is 0 Å². The Hall–Kier alpha value is -0.980. The van der Waals surface area contributed by atoms with Gasteiger partial charge in [0.15, 0.2) is 5.78 Å². The van der Waals surface area contributed by atoms with Gasteiger partial charge in [-0.25, -0.2) is 0 Å². The van der Waals surface area contributed by atoms with E-state index in [0.717, 1.165) is 32.1 Å². The predicted octanol–water partition coefficient (Wildman–Crippen LogP) is 4.04. The van der Waals surface area contributed by atoms with Gasteiger partial charge in [-0.05, 0) is 104 Å². The molecule has 0 aliphatic heterocycles. The van der Waals surface area contributed by atoms with Crippen LogP contribution in [0.25, 0.3) is 0 Å². The predicted molar refractivity (Wildman–Crippen MR) is 134 cm³/mol. The average Bonchev–Trinajstić information content (AvgIpc) is 3.51. The molecule has 0 radical (unpaired) electrons. The van der Waals surface area contributed by atoms with Crippen LogP contribution in [-0.4, -0.2) is 50.5 Å². The molecule has 0 aromatic rings. The number of hydrogen-bond donors (Lipinski definition) is 4. The Balaban J connectivity index is 1.49. The summed E-state index contributed by atoms with van der Waals surface area (Å²) in [7, 11) is 0. The van der Waals surface area contributed by atoms with E-state index in [1.807, 2.05) is 0 Å². The van der Waals surface area contributed by atoms with Crippen molar-refractivity contribution >= 4 is 11.8 Å². The molecule has 6 rings (SSSR count). The van der Waals surface area contributed by atoms with Gasteiger partial charge in [0, 0.05) is 11.3 Å². The molecule has 0 unspecified atom stereocenters. The molecule has 0 aromatic heterocycles. The monoisotopic (exact) mass is 502 g/mol. The van der Waals surface area contributed by atoms with E-state index in [2.05, 4.69) is 34.6 Å². The number of ketones is 1. The number of aliphatic carboxylic acids is 1. The third kappa shape index (κ3) is 2.35. The van der Waals surface area contributed by atoms with E-state index >= 15 is 0 Å². The second-order valence-electron chi connectivity index (χ2n) is 15.2. The first-order valence-electron chi connectivity index (χ1n) is 14.4. The number of carbonyl (C=O) groups is 2. The van der Waals surface area contributed by atoms with Crippen LogP contribution in [0, 0.1) is 62.1 Å². The van der Waals surface area contributed by atoms with Crippen LogP contribution in [0.3, 0.4) is 0 Å². The molecule has 0 saturated heterocycles. The van der Waals surface area contributed by atoms with Crippen LogP contribution < -0.4 is 0 Å². The van der Waals surface area contributed by atoms with Crippen molar-refractivity contribution < 1.29 is 30.0 Å². The molecule has 36 heavy (non-hydrogen) atoms. The Morgan fingerprint density at radius 2 is 1.53 bits per heavy atom. The van der Waals surface area contributed by atoms with Gasteiger partial charge in [0.25, 0.3) is 0 Å². The van der Waals surface area contributed by atoms with Crippen molar-refractivity contribution in [2.75, 3.05) is 0 Å². The van der Waals surface area contributed by atoms with Crippen LogP contribution >= 0.6 is 0 Å². The second-order valence-corrected chi connectivity index (χ2v) is 15.2. The fourth-order valence-electron chi connectivity index (χ4n) is 12.5. The van der Waals surface area contributed by atoms with Crippen molar-refractivity contribution in [1.29, 1.82) is 0 Å². The molecular formula is C30H46O6. The third-order valence-corrected chi connectivity index (χ3v) is 14.5. The number of hydrogen-bond acceptors (Lipinski definition) is 5. The minimum Gasteiger partial charge on any atom is -0.481 e. The van der Waals surface area contributed by atoms with Crippen LogP contribution in [-0.2, 0) is 9.59 Å². The molecule has 4 N–H and O–H groups in total. The van der Waals surface area contributed by atoms with Crippen LogP contribution in [0.15, 0.2) is 0 Å². The summed E-state index contributed by atoms with van der Waals surface area (Å²) in [6, 6.07) is 0. The minimum absolute atomic E-state index is 0.0286. The summed E-state index contributed by atoms with van der Waals surface area (Å²) < 4.78 is 0. The number of aliphatic hydroxyl groups excluding tert-OH is 3. The lowest BCUT2D eigenvalue weighted by Gasteiger charge is -2.70. The molecule has 202 valence electrons. The van der Waals surface area contributed by atoms with Crippen LogP contribution in [0.2, 0.25) is 0 Å². The van der Waals surface area contributed by atoms with Crippen molar-refractivity contribution in [3.8, 4) is 0 Å². The first kappa shape index (κ1) is 25.3. The normalized spacial score (nSPS) is 63.8. The largest absolute Gasteiger partial charge is 0.481 e. The van der Waals surface area contributed by atoms with Crippen molar-refractivity contribution in [2.45, 2.75) is 111 Å². The maximum absolute atomic E-state index is 14.5. The van der Waals surface area contributed by atoms with Gasteiger partial charge in [-0.15, -0.1) is 0 Å². The van der Waals surface area contributed by atoms with E-state index in [9.17, 15) is 30.0 Å². The molecule has 0 heterocycles. The van der Waals surface area contributed by atoms with Gasteiger partial charge in [0.1, 0.15) is 6.10 Å². The molecule has 0 spiro atoms. The number of Topliss-reactive ketones (excluding diaryl/α,β-unsaturated/α-hetero) is 1. The van der Waals surface area contributed by atoms with E-state index < -0.39 is 40.5 Å². The standard InChI is InChI=1S/C30H46O6/c1-15-13-19(32)26(4)11-12-29-14-30(29,21(26)16(15)2)23(34)20(33)22-25(3)9-8-18(31)28(6,24(35)36)17(25)7-10-27(22,29)5/h15-22,31-33H,7-14H2,1-6H3,(H,35,36)/t15-,16+,17-,18+,19+,20+,21-,22-,25+,26+,27-,28+,29-,30-/m1/s1. The molecule has 6 fully saturated rings. The summed E-state index contributed by atoms with van der Waals surface area (Å²) in [6.07, 6.45) is 3.35. The molecule has 6 aliphatic rings. The Morgan fingerprint density at radius 3 is 2.17 bits per heavy atom. The fourth-order valence-corrected chi connectivity index (χ4v) is 12.5. The third-order valence-electron chi connectivity index (χ3n) is 14.5. The Morgan fingerprint density at radius 1 is 0.861 bits per heavy atom. The summed E-state index contributed by atoms with van der Waals surface area (Å²) in [5.41, 5.74) is -3.20. The number of carboxylic acid groups (broad SMARTS) is 1. The van der Waals surface area contributed by atoms with Crippen molar-refractivity contribution in [1.82, 2.24) is 0 Å². The van der Waals surface area contributed by atoms with E-state index in [0.29, 0.717) is 31.1 Å². The highest BCUT2D eigenvalue weighted by atomic mass is 16.4. The van der Waals surface area contributed by atoms with E-state index in [-0.39, 0.29) is 39.8 Å². The van der Waals surface area contributed by atoms with Gasteiger partial charge in [0.2, 0.25) is 0 Å². The van der Waals surface area contributed by atoms with Crippen molar-refractivity contribution in [2.24, 2.45) is 62.1 Å². The minimum atomic E-state index is -1.28. The summed E-state index contributed by atoms with van der Waals surface area (Å²) in [4.78, 5) is 27.1. The zero-order valence-corrected chi connectivity index (χ0v) is 22.9. The van der Waals surface area contributed by atoms with Crippen LogP contribution in [0.4, 0.5) is 0 Å². The highest BCUT2D eigenvalue weighted by Gasteiger charge is 2.90. The molecule has 14 atom stereocenters. The molecule has 0 aromatic carbocycles. The van der Waals surface area contributed by atoms with E-state index in [1.165, 1.54) is 0 Å². The maximum atomic E-state index is 14.5. The Kier molecular flexibility index (Phi) is 4.89. The lowest BCUT2D eigenvalue weighted by molar-refractivity contribution is -0.252. The van der Waals surface area contributed by atoms with Gasteiger partial charge in [-0.1, -0.05) is 34.6 Å². The maximum Gasteiger partial charge on any atom is 0.312 e. The molecule has 6 saturated carbocycles. The van der Waals surface area contributed by atoms with Gasteiger partial charge < -0.3 is 20.4 Å². The lowest BCUT2D eigenvalue weighted by atomic mass is 9.34.